The molecule has 1 aliphatic rings. The third-order valence-corrected chi connectivity index (χ3v) is 3.78. The number of para-hydroxylation sites is 1. The van der Waals surface area contributed by atoms with E-state index in [1.165, 1.54) is 6.07 Å². The first-order chi connectivity index (χ1) is 9.58. The van der Waals surface area contributed by atoms with Crippen LogP contribution in [0.4, 0.5) is 0 Å². The Bertz CT molecular complexity index is 546. The number of thiol groups is 1. The molecule has 0 spiro atoms. The number of rotatable bonds is 5. The maximum Gasteiger partial charge on any atom is 0.233 e. The molecule has 20 heavy (non-hydrogen) atoms. The van der Waals surface area contributed by atoms with Gasteiger partial charge in [0.2, 0.25) is 11.8 Å². The van der Waals surface area contributed by atoms with Crippen LogP contribution in [0.1, 0.15) is 12.0 Å². The lowest BCUT2D eigenvalue weighted by Crippen LogP contribution is -2.42. The molecule has 1 aliphatic heterocycles. The van der Waals surface area contributed by atoms with E-state index in [4.69, 9.17) is 0 Å². The van der Waals surface area contributed by atoms with Crippen molar-refractivity contribution < 1.29 is 19.5 Å². The number of aldehydes is 1. The zero-order chi connectivity index (χ0) is 14.7. The largest absolute Gasteiger partial charge is 0.508 e. The maximum atomic E-state index is 12.2. The van der Waals surface area contributed by atoms with Crippen LogP contribution < -0.4 is 0 Å². The van der Waals surface area contributed by atoms with Gasteiger partial charge in [-0.25, -0.2) is 0 Å². The molecule has 0 radical (unpaired) electrons. The Kier molecular flexibility index (Phi) is 4.44. The number of hydrogen-bond donors (Lipinski definition) is 2. The minimum absolute atomic E-state index is 0.0608. The maximum absolute atomic E-state index is 12.2. The molecule has 1 aromatic carbocycles. The second kappa shape index (κ2) is 6.09. The van der Waals surface area contributed by atoms with Crippen molar-refractivity contribution in [2.75, 3.05) is 5.75 Å². The van der Waals surface area contributed by atoms with E-state index < -0.39 is 12.0 Å². The first-order valence-corrected chi connectivity index (χ1v) is 6.90. The lowest BCUT2D eigenvalue weighted by atomic mass is 9.97. The predicted octanol–water partition coefficient (Wildman–Crippen LogP) is 0.807. The number of imide groups is 1. The fourth-order valence-corrected chi connectivity index (χ4v) is 2.61. The molecule has 2 amide bonds. The monoisotopic (exact) mass is 293 g/mol. The van der Waals surface area contributed by atoms with E-state index in [1.807, 2.05) is 0 Å². The van der Waals surface area contributed by atoms with E-state index in [0.717, 1.165) is 4.90 Å². The summed E-state index contributed by atoms with van der Waals surface area (Å²) in [6.07, 6.45) is 0.905. The molecule has 2 atom stereocenters. The Morgan fingerprint density at radius 1 is 1.40 bits per heavy atom. The third-order valence-electron chi connectivity index (χ3n) is 3.41. The van der Waals surface area contributed by atoms with Gasteiger partial charge < -0.3 is 9.90 Å². The first kappa shape index (κ1) is 14.6. The van der Waals surface area contributed by atoms with Crippen LogP contribution in [0.5, 0.6) is 5.75 Å². The topological polar surface area (TPSA) is 74.7 Å². The van der Waals surface area contributed by atoms with Crippen LogP contribution in [0.25, 0.3) is 0 Å². The second-order valence-electron chi connectivity index (χ2n) is 4.72. The van der Waals surface area contributed by atoms with Gasteiger partial charge in [-0.1, -0.05) is 18.2 Å². The number of amides is 2. The highest BCUT2D eigenvalue weighted by atomic mass is 32.1. The SMILES string of the molecule is O=CC(CS)N1C(=O)CC(Cc2ccccc2O)C1=O. The average Bonchev–Trinajstić information content (AvgIpc) is 2.71. The van der Waals surface area contributed by atoms with Gasteiger partial charge in [0.1, 0.15) is 18.1 Å². The number of carbonyl (C=O) groups excluding carboxylic acids is 3. The lowest BCUT2D eigenvalue weighted by Gasteiger charge is -2.20. The van der Waals surface area contributed by atoms with Gasteiger partial charge in [-0.2, -0.15) is 12.6 Å². The van der Waals surface area contributed by atoms with Gasteiger partial charge in [0, 0.05) is 12.2 Å². The molecule has 2 rings (SSSR count). The summed E-state index contributed by atoms with van der Waals surface area (Å²) in [5.74, 6) is -1.04. The molecule has 1 heterocycles. The number of likely N-dealkylation sites (tertiary alicyclic amines) is 1. The number of nitrogens with zero attached hydrogens (tertiary/aromatic N) is 1. The molecule has 6 heteroatoms. The molecule has 1 saturated heterocycles. The number of hydrogen-bond acceptors (Lipinski definition) is 5. The second-order valence-corrected chi connectivity index (χ2v) is 5.09. The zero-order valence-electron chi connectivity index (χ0n) is 10.7. The molecule has 1 N–H and O–H groups in total. The highest BCUT2D eigenvalue weighted by Crippen LogP contribution is 2.28. The molecule has 1 aromatic rings. The van der Waals surface area contributed by atoms with Gasteiger partial charge in [0.25, 0.3) is 0 Å². The summed E-state index contributed by atoms with van der Waals surface area (Å²) in [5, 5.41) is 9.71. The van der Waals surface area contributed by atoms with Crippen molar-refractivity contribution in [3.05, 3.63) is 29.8 Å². The predicted molar refractivity (Wildman–Crippen MR) is 75.5 cm³/mol. The standard InChI is InChI=1S/C14H15NO4S/c16-7-11(8-20)15-13(18)6-10(14(15)19)5-9-3-1-2-4-12(9)17/h1-4,7,10-11,17,20H,5-6,8H2. The van der Waals surface area contributed by atoms with Crippen molar-refractivity contribution in [2.45, 2.75) is 18.9 Å². The van der Waals surface area contributed by atoms with Crippen LogP contribution in [0, 0.1) is 5.92 Å². The smallest absolute Gasteiger partial charge is 0.233 e. The Balaban J connectivity index is 2.16. The molecular weight excluding hydrogens is 278 g/mol. The molecule has 2 unspecified atom stereocenters. The highest BCUT2D eigenvalue weighted by Gasteiger charge is 2.41. The van der Waals surface area contributed by atoms with Crippen LogP contribution in [0.15, 0.2) is 24.3 Å². The zero-order valence-corrected chi connectivity index (χ0v) is 11.6. The fraction of sp³-hybridized carbons (Fsp3) is 0.357. The van der Waals surface area contributed by atoms with E-state index in [0.29, 0.717) is 11.8 Å². The van der Waals surface area contributed by atoms with Crippen molar-refractivity contribution in [3.63, 3.8) is 0 Å². The molecule has 5 nitrogen and oxygen atoms in total. The van der Waals surface area contributed by atoms with E-state index in [1.54, 1.807) is 18.2 Å². The van der Waals surface area contributed by atoms with Gasteiger partial charge in [0.05, 0.1) is 5.92 Å². The van der Waals surface area contributed by atoms with Crippen LogP contribution in [-0.2, 0) is 20.8 Å². The first-order valence-electron chi connectivity index (χ1n) is 6.27. The van der Waals surface area contributed by atoms with Crippen molar-refractivity contribution in [2.24, 2.45) is 5.92 Å². The van der Waals surface area contributed by atoms with E-state index in [-0.39, 0.29) is 36.2 Å². The quantitative estimate of drug-likeness (QED) is 0.478. The summed E-state index contributed by atoms with van der Waals surface area (Å²) in [4.78, 5) is 36.0. The summed E-state index contributed by atoms with van der Waals surface area (Å²) in [5.41, 5.74) is 0.619. The van der Waals surface area contributed by atoms with Crippen LogP contribution in [-0.4, -0.2) is 39.9 Å². The average molecular weight is 293 g/mol. The van der Waals surface area contributed by atoms with Crippen LogP contribution >= 0.6 is 12.6 Å². The van der Waals surface area contributed by atoms with Gasteiger partial charge in [0.15, 0.2) is 0 Å². The van der Waals surface area contributed by atoms with Crippen molar-refractivity contribution in [1.29, 1.82) is 0 Å². The van der Waals surface area contributed by atoms with E-state index >= 15 is 0 Å². The van der Waals surface area contributed by atoms with Gasteiger partial charge in [-0.05, 0) is 18.1 Å². The van der Waals surface area contributed by atoms with E-state index in [9.17, 15) is 19.5 Å². The highest BCUT2D eigenvalue weighted by molar-refractivity contribution is 7.80. The number of phenols is 1. The van der Waals surface area contributed by atoms with Crippen LogP contribution in [0.2, 0.25) is 0 Å². The number of carbonyl (C=O) groups is 3. The summed E-state index contributed by atoms with van der Waals surface area (Å²) in [7, 11) is 0. The Hall–Kier alpha value is -1.82. The Morgan fingerprint density at radius 3 is 2.70 bits per heavy atom. The number of phenolic OH excluding ortho intramolecular Hbond substituents is 1. The van der Waals surface area contributed by atoms with Crippen molar-refractivity contribution in [1.82, 2.24) is 4.90 Å². The molecular formula is C14H15NO4S. The Labute approximate surface area is 122 Å². The number of benzene rings is 1. The van der Waals surface area contributed by atoms with Gasteiger partial charge >= 0.3 is 0 Å². The summed E-state index contributed by atoms with van der Waals surface area (Å²) >= 11 is 3.98. The van der Waals surface area contributed by atoms with Gasteiger partial charge in [-0.15, -0.1) is 0 Å². The van der Waals surface area contributed by atoms with Gasteiger partial charge in [-0.3, -0.25) is 14.5 Å². The minimum Gasteiger partial charge on any atom is -0.508 e. The summed E-state index contributed by atoms with van der Waals surface area (Å²) < 4.78 is 0. The lowest BCUT2D eigenvalue weighted by molar-refractivity contribution is -0.143. The minimum atomic E-state index is -0.812. The number of aromatic hydroxyl groups is 1. The van der Waals surface area contributed by atoms with E-state index in [2.05, 4.69) is 12.6 Å². The summed E-state index contributed by atoms with van der Waals surface area (Å²) in [6, 6.07) is 5.89. The normalized spacial score (nSPS) is 20.2. The van der Waals surface area contributed by atoms with Crippen molar-refractivity contribution in [3.8, 4) is 5.75 Å². The fourth-order valence-electron chi connectivity index (χ4n) is 2.36. The molecule has 0 saturated carbocycles. The molecule has 0 bridgehead atoms. The Morgan fingerprint density at radius 2 is 2.10 bits per heavy atom. The van der Waals surface area contributed by atoms with Crippen molar-refractivity contribution >= 4 is 30.7 Å². The van der Waals surface area contributed by atoms with Crippen LogP contribution in [0.3, 0.4) is 0 Å². The molecule has 106 valence electrons. The molecule has 1 fully saturated rings. The molecule has 0 aromatic heterocycles. The summed E-state index contributed by atoms with van der Waals surface area (Å²) in [6.45, 7) is 0. The molecule has 0 aliphatic carbocycles. The third kappa shape index (κ3) is 2.70.